The van der Waals surface area contributed by atoms with Crippen molar-refractivity contribution in [3.05, 3.63) is 23.8 Å². The lowest BCUT2D eigenvalue weighted by molar-refractivity contribution is -0.137. The van der Waals surface area contributed by atoms with E-state index < -0.39 is 17.3 Å². The molecule has 0 spiro atoms. The fraction of sp³-hybridized carbons (Fsp3) is 0.526. The SMILES string of the molecule is CCCn1c(SCC(=O)NC(C)(C#N)C(C)C)nc2ccc(C(F)(F)F)cc21. The molecule has 1 amide bonds. The van der Waals surface area contributed by atoms with E-state index in [0.717, 1.165) is 23.9 Å². The van der Waals surface area contributed by atoms with Crippen molar-refractivity contribution in [2.45, 2.75) is 57.5 Å². The van der Waals surface area contributed by atoms with Crippen LogP contribution in [-0.4, -0.2) is 26.8 Å². The van der Waals surface area contributed by atoms with Gasteiger partial charge in [-0.25, -0.2) is 4.98 Å². The average Bonchev–Trinajstić information content (AvgIpc) is 2.96. The number of nitrogens with one attached hydrogen (secondary N) is 1. The number of thioether (sulfide) groups is 1. The number of rotatable bonds is 7. The molecule has 1 unspecified atom stereocenters. The van der Waals surface area contributed by atoms with Gasteiger partial charge in [0.25, 0.3) is 0 Å². The molecular weight excluding hydrogens is 389 g/mol. The topological polar surface area (TPSA) is 70.7 Å². The number of aryl methyl sites for hydroxylation is 1. The van der Waals surface area contributed by atoms with Gasteiger partial charge in [0, 0.05) is 6.54 Å². The van der Waals surface area contributed by atoms with E-state index in [4.69, 9.17) is 0 Å². The van der Waals surface area contributed by atoms with E-state index in [1.165, 1.54) is 6.07 Å². The first kappa shape index (κ1) is 22.1. The van der Waals surface area contributed by atoms with Gasteiger partial charge < -0.3 is 9.88 Å². The summed E-state index contributed by atoms with van der Waals surface area (Å²) in [5.41, 5.74) is -0.867. The van der Waals surface area contributed by atoms with Crippen LogP contribution in [0.5, 0.6) is 0 Å². The van der Waals surface area contributed by atoms with Crippen molar-refractivity contribution in [1.29, 1.82) is 5.26 Å². The number of hydrogen-bond acceptors (Lipinski definition) is 4. The number of halogens is 3. The molecule has 152 valence electrons. The predicted octanol–water partition coefficient (Wildman–Crippen LogP) is 4.61. The Balaban J connectivity index is 2.26. The summed E-state index contributed by atoms with van der Waals surface area (Å²) in [5, 5.41) is 12.5. The molecule has 28 heavy (non-hydrogen) atoms. The van der Waals surface area contributed by atoms with Crippen molar-refractivity contribution in [3.8, 4) is 6.07 Å². The first-order valence-electron chi connectivity index (χ1n) is 8.94. The highest BCUT2D eigenvalue weighted by atomic mass is 32.2. The first-order valence-corrected chi connectivity index (χ1v) is 9.93. The number of hydrogen-bond donors (Lipinski definition) is 1. The van der Waals surface area contributed by atoms with Gasteiger partial charge in [-0.15, -0.1) is 0 Å². The Labute approximate surface area is 166 Å². The molecule has 1 N–H and O–H groups in total. The van der Waals surface area contributed by atoms with Crippen molar-refractivity contribution in [2.75, 3.05) is 5.75 Å². The van der Waals surface area contributed by atoms with Crippen molar-refractivity contribution in [2.24, 2.45) is 5.92 Å². The Kier molecular flexibility index (Phi) is 6.65. The minimum atomic E-state index is -4.43. The van der Waals surface area contributed by atoms with Gasteiger partial charge in [-0.05, 0) is 37.5 Å². The van der Waals surface area contributed by atoms with Crippen LogP contribution in [0.15, 0.2) is 23.4 Å². The van der Waals surface area contributed by atoms with Crippen LogP contribution in [0.2, 0.25) is 0 Å². The third-order valence-electron chi connectivity index (χ3n) is 4.61. The van der Waals surface area contributed by atoms with Crippen LogP contribution in [0.3, 0.4) is 0 Å². The fourth-order valence-electron chi connectivity index (χ4n) is 2.58. The summed E-state index contributed by atoms with van der Waals surface area (Å²) in [6, 6.07) is 5.56. The van der Waals surface area contributed by atoms with Gasteiger partial charge in [-0.2, -0.15) is 18.4 Å². The lowest BCUT2D eigenvalue weighted by Crippen LogP contribution is -2.49. The number of carbonyl (C=O) groups excluding carboxylic acids is 1. The molecule has 2 aromatic rings. The number of fused-ring (bicyclic) bond motifs is 1. The lowest BCUT2D eigenvalue weighted by atomic mass is 9.90. The molecule has 0 aliphatic heterocycles. The number of carbonyl (C=O) groups is 1. The third kappa shape index (κ3) is 4.79. The minimum absolute atomic E-state index is 0.0170. The fourth-order valence-corrected chi connectivity index (χ4v) is 3.42. The van der Waals surface area contributed by atoms with E-state index in [1.807, 2.05) is 20.8 Å². The largest absolute Gasteiger partial charge is 0.416 e. The summed E-state index contributed by atoms with van der Waals surface area (Å²) in [4.78, 5) is 16.7. The number of imidazole rings is 1. The van der Waals surface area contributed by atoms with E-state index in [2.05, 4.69) is 16.4 Å². The molecule has 0 saturated heterocycles. The second-order valence-electron chi connectivity index (χ2n) is 7.05. The molecule has 9 heteroatoms. The molecule has 2 rings (SSSR count). The Morgan fingerprint density at radius 3 is 2.61 bits per heavy atom. The quantitative estimate of drug-likeness (QED) is 0.674. The number of amides is 1. The summed E-state index contributed by atoms with van der Waals surface area (Å²) < 4.78 is 40.8. The minimum Gasteiger partial charge on any atom is -0.337 e. The summed E-state index contributed by atoms with van der Waals surface area (Å²) >= 11 is 1.15. The smallest absolute Gasteiger partial charge is 0.337 e. The highest BCUT2D eigenvalue weighted by molar-refractivity contribution is 7.99. The van der Waals surface area contributed by atoms with Gasteiger partial charge in [-0.1, -0.05) is 32.5 Å². The Morgan fingerprint density at radius 1 is 1.39 bits per heavy atom. The van der Waals surface area contributed by atoms with Gasteiger partial charge in [0.05, 0.1) is 28.4 Å². The summed E-state index contributed by atoms with van der Waals surface area (Å²) in [7, 11) is 0. The van der Waals surface area contributed by atoms with E-state index in [-0.39, 0.29) is 17.6 Å². The van der Waals surface area contributed by atoms with Crippen LogP contribution in [0.4, 0.5) is 13.2 Å². The number of benzene rings is 1. The number of nitriles is 1. The van der Waals surface area contributed by atoms with Crippen LogP contribution >= 0.6 is 11.8 Å². The highest BCUT2D eigenvalue weighted by Gasteiger charge is 2.32. The van der Waals surface area contributed by atoms with Gasteiger partial charge in [-0.3, -0.25) is 4.79 Å². The molecule has 1 heterocycles. The number of aromatic nitrogens is 2. The molecule has 1 atom stereocenters. The zero-order valence-corrected chi connectivity index (χ0v) is 17.0. The first-order chi connectivity index (χ1) is 13.0. The molecule has 0 fully saturated rings. The highest BCUT2D eigenvalue weighted by Crippen LogP contribution is 2.33. The van der Waals surface area contributed by atoms with Gasteiger partial charge in [0.1, 0.15) is 5.54 Å². The monoisotopic (exact) mass is 412 g/mol. The molecule has 0 aliphatic carbocycles. The number of nitrogens with zero attached hydrogens (tertiary/aromatic N) is 3. The Hall–Kier alpha value is -2.21. The molecule has 1 aromatic carbocycles. The zero-order valence-electron chi connectivity index (χ0n) is 16.2. The van der Waals surface area contributed by atoms with Crippen LogP contribution in [0.25, 0.3) is 11.0 Å². The van der Waals surface area contributed by atoms with E-state index in [1.54, 1.807) is 11.5 Å². The summed E-state index contributed by atoms with van der Waals surface area (Å²) in [6.07, 6.45) is -3.72. The molecule has 5 nitrogen and oxygen atoms in total. The van der Waals surface area contributed by atoms with E-state index in [0.29, 0.717) is 29.2 Å². The second kappa shape index (κ2) is 8.43. The lowest BCUT2D eigenvalue weighted by Gasteiger charge is -2.27. The van der Waals surface area contributed by atoms with Crippen molar-refractivity contribution in [1.82, 2.24) is 14.9 Å². The zero-order chi connectivity index (χ0) is 21.1. The molecule has 0 aliphatic rings. The molecular formula is C19H23F3N4OS. The standard InChI is InChI=1S/C19H23F3N4OS/c1-5-8-26-15-9-13(19(20,21)22)6-7-14(15)24-17(26)28-10-16(27)25-18(4,11-23)12(2)3/h6-7,9,12H,5,8,10H2,1-4H3,(H,25,27). The van der Waals surface area contributed by atoms with Gasteiger partial charge in [0.15, 0.2) is 5.16 Å². The summed E-state index contributed by atoms with van der Waals surface area (Å²) in [6.45, 7) is 7.75. The second-order valence-corrected chi connectivity index (χ2v) is 8.00. The Morgan fingerprint density at radius 2 is 2.07 bits per heavy atom. The van der Waals surface area contributed by atoms with Crippen LogP contribution < -0.4 is 5.32 Å². The van der Waals surface area contributed by atoms with Crippen molar-refractivity contribution < 1.29 is 18.0 Å². The van der Waals surface area contributed by atoms with Gasteiger partial charge >= 0.3 is 6.18 Å². The molecule has 1 aromatic heterocycles. The number of alkyl halides is 3. The predicted molar refractivity (Wildman–Crippen MR) is 103 cm³/mol. The average molecular weight is 412 g/mol. The van der Waals surface area contributed by atoms with Crippen molar-refractivity contribution >= 4 is 28.7 Å². The Bertz CT molecular complexity index is 901. The molecule has 0 radical (unpaired) electrons. The third-order valence-corrected chi connectivity index (χ3v) is 5.58. The van der Waals surface area contributed by atoms with E-state index >= 15 is 0 Å². The maximum absolute atomic E-state index is 13.0. The molecule has 0 saturated carbocycles. The maximum Gasteiger partial charge on any atom is 0.416 e. The summed E-state index contributed by atoms with van der Waals surface area (Å²) in [5.74, 6) is -0.380. The van der Waals surface area contributed by atoms with Gasteiger partial charge in [0.2, 0.25) is 5.91 Å². The normalized spacial score (nSPS) is 14.1. The molecule has 0 bridgehead atoms. The maximum atomic E-state index is 13.0. The van der Waals surface area contributed by atoms with Crippen LogP contribution in [-0.2, 0) is 17.5 Å². The van der Waals surface area contributed by atoms with Crippen molar-refractivity contribution in [3.63, 3.8) is 0 Å². The van der Waals surface area contributed by atoms with Crippen LogP contribution in [0.1, 0.15) is 39.7 Å². The van der Waals surface area contributed by atoms with E-state index in [9.17, 15) is 23.2 Å². The van der Waals surface area contributed by atoms with Crippen LogP contribution in [0, 0.1) is 17.2 Å².